The molecule has 144 valence electrons. The average molecular weight is 367 g/mol. The van der Waals surface area contributed by atoms with Gasteiger partial charge in [-0.1, -0.05) is 0 Å². The molecule has 2 rings (SSSR count). The highest BCUT2D eigenvalue weighted by Gasteiger charge is 2.29. The van der Waals surface area contributed by atoms with Gasteiger partial charge in [-0.2, -0.15) is 0 Å². The van der Waals surface area contributed by atoms with E-state index in [1.165, 1.54) is 11.0 Å². The Morgan fingerprint density at radius 3 is 2.69 bits per heavy atom. The van der Waals surface area contributed by atoms with Crippen molar-refractivity contribution < 1.29 is 23.8 Å². The van der Waals surface area contributed by atoms with Gasteiger partial charge < -0.3 is 25.4 Å². The van der Waals surface area contributed by atoms with Gasteiger partial charge in [0, 0.05) is 25.3 Å². The zero-order valence-electron chi connectivity index (χ0n) is 15.6. The second kappa shape index (κ2) is 7.90. The molecule has 26 heavy (non-hydrogen) atoms. The van der Waals surface area contributed by atoms with Crippen LogP contribution >= 0.6 is 0 Å². The number of fused-ring (bicyclic) bond motifs is 1. The first-order valence-corrected chi connectivity index (χ1v) is 8.62. The standard InChI is InChI=1S/C18H26FN3O4/c1-5-22-15(24)7-11-6-12(8-14(19)16(11)22)20-9-13(23)10-21-17(25)26-18(2,3)4/h6,8,13,20,23H,5,7,9-10H2,1-4H3,(H,21,25). The SMILES string of the molecule is CCN1C(=O)Cc2cc(NCC(O)CNC(=O)OC(C)(C)C)cc(F)c21. The minimum absolute atomic E-state index is 0.00255. The molecule has 8 heteroatoms. The van der Waals surface area contributed by atoms with Crippen molar-refractivity contribution in [2.45, 2.75) is 45.8 Å². The number of aliphatic hydroxyl groups excluding tert-OH is 1. The van der Waals surface area contributed by atoms with Crippen LogP contribution < -0.4 is 15.5 Å². The lowest BCUT2D eigenvalue weighted by atomic mass is 10.1. The third-order valence-electron chi connectivity index (χ3n) is 3.79. The number of ether oxygens (including phenoxy) is 1. The van der Waals surface area contributed by atoms with Crippen LogP contribution in [0.4, 0.5) is 20.6 Å². The monoisotopic (exact) mass is 367 g/mol. The van der Waals surface area contributed by atoms with Crippen molar-refractivity contribution in [1.29, 1.82) is 0 Å². The fraction of sp³-hybridized carbons (Fsp3) is 0.556. The topological polar surface area (TPSA) is 90.9 Å². The molecule has 1 aromatic rings. The Labute approximate surface area is 152 Å². The second-order valence-corrected chi connectivity index (χ2v) is 7.20. The van der Waals surface area contributed by atoms with Crippen molar-refractivity contribution in [1.82, 2.24) is 5.32 Å². The van der Waals surface area contributed by atoms with Crippen LogP contribution in [0.25, 0.3) is 0 Å². The fourth-order valence-electron chi connectivity index (χ4n) is 2.74. The van der Waals surface area contributed by atoms with Crippen molar-refractivity contribution in [3.05, 3.63) is 23.5 Å². The molecule has 2 amide bonds. The number of anilines is 2. The van der Waals surface area contributed by atoms with E-state index < -0.39 is 23.6 Å². The van der Waals surface area contributed by atoms with Crippen LogP contribution in [0.1, 0.15) is 33.3 Å². The number of carbonyl (C=O) groups is 2. The van der Waals surface area contributed by atoms with Crippen LogP contribution in [-0.2, 0) is 16.0 Å². The maximum Gasteiger partial charge on any atom is 0.407 e. The lowest BCUT2D eigenvalue weighted by Crippen LogP contribution is -2.39. The van der Waals surface area contributed by atoms with Crippen LogP contribution in [0.2, 0.25) is 0 Å². The number of likely N-dealkylation sites (N-methyl/N-ethyl adjacent to an activating group) is 1. The van der Waals surface area contributed by atoms with Gasteiger partial charge in [0.05, 0.1) is 18.2 Å². The van der Waals surface area contributed by atoms with Crippen LogP contribution in [-0.4, -0.2) is 48.4 Å². The smallest absolute Gasteiger partial charge is 0.407 e. The van der Waals surface area contributed by atoms with Crippen molar-refractivity contribution in [2.75, 3.05) is 29.9 Å². The number of nitrogens with one attached hydrogen (secondary N) is 2. The summed E-state index contributed by atoms with van der Waals surface area (Å²) in [5.74, 6) is -0.598. The summed E-state index contributed by atoms with van der Waals surface area (Å²) >= 11 is 0. The van der Waals surface area contributed by atoms with Crippen LogP contribution in [0.15, 0.2) is 12.1 Å². The lowest BCUT2D eigenvalue weighted by molar-refractivity contribution is -0.117. The normalized spacial score (nSPS) is 14.8. The van der Waals surface area contributed by atoms with E-state index in [1.54, 1.807) is 33.8 Å². The van der Waals surface area contributed by atoms with Crippen molar-refractivity contribution in [3.63, 3.8) is 0 Å². The number of carbonyl (C=O) groups excluding carboxylic acids is 2. The first-order chi connectivity index (χ1) is 12.1. The molecular formula is C18H26FN3O4. The number of hydrogen-bond acceptors (Lipinski definition) is 5. The molecule has 7 nitrogen and oxygen atoms in total. The predicted octanol–water partition coefficient (Wildman–Crippen LogP) is 2.03. The Kier molecular flexibility index (Phi) is 6.07. The Bertz CT molecular complexity index is 688. The van der Waals surface area contributed by atoms with Crippen molar-refractivity contribution >= 4 is 23.4 Å². The minimum atomic E-state index is -0.882. The van der Waals surface area contributed by atoms with Crippen LogP contribution in [0.3, 0.4) is 0 Å². The number of halogens is 1. The van der Waals surface area contributed by atoms with E-state index in [2.05, 4.69) is 10.6 Å². The number of alkyl carbamates (subject to hydrolysis) is 1. The molecule has 0 fully saturated rings. The van der Waals surface area contributed by atoms with E-state index in [0.717, 1.165) is 0 Å². The highest BCUT2D eigenvalue weighted by molar-refractivity contribution is 6.01. The summed E-state index contributed by atoms with van der Waals surface area (Å²) in [5, 5.41) is 15.3. The highest BCUT2D eigenvalue weighted by Crippen LogP contribution is 2.34. The average Bonchev–Trinajstić information content (AvgIpc) is 2.85. The van der Waals surface area contributed by atoms with E-state index in [-0.39, 0.29) is 25.4 Å². The molecular weight excluding hydrogens is 341 g/mol. The molecule has 0 bridgehead atoms. The summed E-state index contributed by atoms with van der Waals surface area (Å²) in [4.78, 5) is 24.9. The summed E-state index contributed by atoms with van der Waals surface area (Å²) in [6.07, 6.45) is -1.33. The van der Waals surface area contributed by atoms with E-state index in [1.807, 2.05) is 0 Å². The quantitative estimate of drug-likeness (QED) is 0.716. The Morgan fingerprint density at radius 2 is 2.08 bits per heavy atom. The summed E-state index contributed by atoms with van der Waals surface area (Å²) in [5.41, 5.74) is 0.818. The molecule has 0 aliphatic carbocycles. The van der Waals surface area contributed by atoms with Gasteiger partial charge in [0.15, 0.2) is 0 Å². The van der Waals surface area contributed by atoms with E-state index in [9.17, 15) is 19.1 Å². The zero-order chi connectivity index (χ0) is 19.5. The molecule has 0 aromatic heterocycles. The predicted molar refractivity (Wildman–Crippen MR) is 96.9 cm³/mol. The van der Waals surface area contributed by atoms with Gasteiger partial charge in [0.25, 0.3) is 0 Å². The molecule has 1 aromatic carbocycles. The summed E-state index contributed by atoms with van der Waals surface area (Å²) in [7, 11) is 0. The molecule has 0 radical (unpaired) electrons. The number of hydrogen-bond donors (Lipinski definition) is 3. The van der Waals surface area contributed by atoms with Crippen LogP contribution in [0.5, 0.6) is 0 Å². The highest BCUT2D eigenvalue weighted by atomic mass is 19.1. The van der Waals surface area contributed by atoms with Gasteiger partial charge in [-0.05, 0) is 45.4 Å². The molecule has 0 saturated carbocycles. The zero-order valence-corrected chi connectivity index (χ0v) is 15.6. The molecule has 1 unspecified atom stereocenters. The Balaban J connectivity index is 1.88. The largest absolute Gasteiger partial charge is 0.444 e. The third kappa shape index (κ3) is 5.08. The third-order valence-corrected chi connectivity index (χ3v) is 3.79. The lowest BCUT2D eigenvalue weighted by Gasteiger charge is -2.21. The molecule has 0 spiro atoms. The van der Waals surface area contributed by atoms with E-state index in [4.69, 9.17) is 4.74 Å². The molecule has 3 N–H and O–H groups in total. The second-order valence-electron chi connectivity index (χ2n) is 7.20. The number of benzene rings is 1. The molecule has 1 aliphatic rings. The molecule has 1 heterocycles. The van der Waals surface area contributed by atoms with E-state index >= 15 is 0 Å². The Hall–Kier alpha value is -2.35. The number of rotatable bonds is 6. The van der Waals surface area contributed by atoms with Crippen molar-refractivity contribution in [2.24, 2.45) is 0 Å². The van der Waals surface area contributed by atoms with Crippen LogP contribution in [0, 0.1) is 5.82 Å². The molecule has 1 atom stereocenters. The minimum Gasteiger partial charge on any atom is -0.444 e. The molecule has 1 aliphatic heterocycles. The fourth-order valence-corrected chi connectivity index (χ4v) is 2.74. The first-order valence-electron chi connectivity index (χ1n) is 8.62. The summed E-state index contributed by atoms with van der Waals surface area (Å²) in [6.45, 7) is 7.57. The van der Waals surface area contributed by atoms with Gasteiger partial charge in [-0.15, -0.1) is 0 Å². The maximum absolute atomic E-state index is 14.3. The van der Waals surface area contributed by atoms with Gasteiger partial charge in [-0.25, -0.2) is 9.18 Å². The van der Waals surface area contributed by atoms with Crippen molar-refractivity contribution in [3.8, 4) is 0 Å². The summed E-state index contributed by atoms with van der Waals surface area (Å²) in [6, 6.07) is 3.01. The number of aliphatic hydroxyl groups is 1. The maximum atomic E-state index is 14.3. The van der Waals surface area contributed by atoms with Gasteiger partial charge in [0.2, 0.25) is 5.91 Å². The number of amides is 2. The summed E-state index contributed by atoms with van der Waals surface area (Å²) < 4.78 is 19.4. The first kappa shape index (κ1) is 20.0. The Morgan fingerprint density at radius 1 is 1.38 bits per heavy atom. The van der Waals surface area contributed by atoms with Gasteiger partial charge in [0.1, 0.15) is 11.4 Å². The van der Waals surface area contributed by atoms with E-state index in [0.29, 0.717) is 23.5 Å². The molecule has 0 saturated heterocycles. The van der Waals surface area contributed by atoms with Gasteiger partial charge in [-0.3, -0.25) is 4.79 Å². The number of nitrogens with zero attached hydrogens (tertiary/aromatic N) is 1. The van der Waals surface area contributed by atoms with Gasteiger partial charge >= 0.3 is 6.09 Å².